The van der Waals surface area contributed by atoms with Crippen LogP contribution in [0.25, 0.3) is 5.69 Å². The molecular formula is C33H36BrN5O7S. The zero-order chi connectivity index (χ0) is 33.8. The van der Waals surface area contributed by atoms with Crippen LogP contribution >= 0.6 is 27.7 Å². The second kappa shape index (κ2) is 17.4. The Kier molecular flexibility index (Phi) is 13.1. The van der Waals surface area contributed by atoms with E-state index in [1.54, 1.807) is 47.9 Å². The number of ether oxygens (including phenoxy) is 4. The summed E-state index contributed by atoms with van der Waals surface area (Å²) in [5, 5.41) is 14.9. The summed E-state index contributed by atoms with van der Waals surface area (Å²) in [4.78, 5) is 38.1. The van der Waals surface area contributed by atoms with Crippen molar-refractivity contribution in [3.05, 3.63) is 82.1 Å². The highest BCUT2D eigenvalue weighted by molar-refractivity contribution is 9.10. The van der Waals surface area contributed by atoms with Gasteiger partial charge in [-0.3, -0.25) is 14.2 Å². The van der Waals surface area contributed by atoms with Gasteiger partial charge in [0, 0.05) is 21.4 Å². The number of nitrogens with zero attached hydrogens (tertiary/aromatic N) is 3. The molecule has 12 nitrogen and oxygen atoms in total. The predicted molar refractivity (Wildman–Crippen MR) is 182 cm³/mol. The Hall–Kier alpha value is -4.56. The summed E-state index contributed by atoms with van der Waals surface area (Å²) >= 11 is 4.65. The Bertz CT molecular complexity index is 1650. The molecule has 0 saturated carbocycles. The fourth-order valence-electron chi connectivity index (χ4n) is 4.37. The van der Waals surface area contributed by atoms with Crippen molar-refractivity contribution in [2.75, 3.05) is 37.5 Å². The molecule has 0 fully saturated rings. The topological polar surface area (TPSA) is 143 Å². The SMILES string of the molecule is CCOC(=O)c1ccc(NC(=O)CSc2nnc(CNC(=O)c3cc(OCC)c(OCC)c(OCC)c3)n2-c2ccc(Br)cc2)cc1. The van der Waals surface area contributed by atoms with E-state index in [9.17, 15) is 14.4 Å². The van der Waals surface area contributed by atoms with E-state index in [0.29, 0.717) is 64.9 Å². The van der Waals surface area contributed by atoms with E-state index in [4.69, 9.17) is 18.9 Å². The maximum Gasteiger partial charge on any atom is 0.338 e. The number of halogens is 1. The molecule has 3 aromatic carbocycles. The first kappa shape index (κ1) is 35.3. The van der Waals surface area contributed by atoms with Crippen molar-refractivity contribution < 1.29 is 33.3 Å². The van der Waals surface area contributed by atoms with Crippen LogP contribution in [0, 0.1) is 0 Å². The minimum Gasteiger partial charge on any atom is -0.490 e. The Morgan fingerprint density at radius 2 is 1.45 bits per heavy atom. The number of rotatable bonds is 16. The number of amides is 2. The summed E-state index contributed by atoms with van der Waals surface area (Å²) in [6.07, 6.45) is 0. The van der Waals surface area contributed by atoms with Crippen molar-refractivity contribution in [1.29, 1.82) is 0 Å². The van der Waals surface area contributed by atoms with Gasteiger partial charge >= 0.3 is 5.97 Å². The van der Waals surface area contributed by atoms with E-state index in [2.05, 4.69) is 36.8 Å². The summed E-state index contributed by atoms with van der Waals surface area (Å²) in [5.41, 5.74) is 2.01. The number of anilines is 1. The number of benzene rings is 3. The Morgan fingerprint density at radius 1 is 0.809 bits per heavy atom. The zero-order valence-electron chi connectivity index (χ0n) is 26.5. The summed E-state index contributed by atoms with van der Waals surface area (Å²) in [6.45, 7) is 8.79. The van der Waals surface area contributed by atoms with Gasteiger partial charge in [-0.15, -0.1) is 10.2 Å². The van der Waals surface area contributed by atoms with Crippen molar-refractivity contribution in [2.45, 2.75) is 39.4 Å². The standard InChI is InChI=1S/C33H36BrN5O7S/c1-5-43-26-17-22(18-27(44-6-2)30(26)45-7-3)31(41)35-19-28-37-38-33(39(28)25-15-11-23(34)12-16-25)47-20-29(40)36-24-13-9-21(10-14-24)32(42)46-8-4/h9-18H,5-8,19-20H2,1-4H3,(H,35,41)(H,36,40). The van der Waals surface area contributed by atoms with Crippen LogP contribution in [0.15, 0.2) is 70.3 Å². The van der Waals surface area contributed by atoms with Gasteiger partial charge in [-0.05, 0) is 88.4 Å². The molecular weight excluding hydrogens is 690 g/mol. The number of thioether (sulfide) groups is 1. The lowest BCUT2D eigenvalue weighted by atomic mass is 10.1. The molecule has 248 valence electrons. The lowest BCUT2D eigenvalue weighted by Crippen LogP contribution is -2.25. The van der Waals surface area contributed by atoms with Gasteiger partial charge in [-0.1, -0.05) is 27.7 Å². The van der Waals surface area contributed by atoms with Crippen molar-refractivity contribution >= 4 is 51.2 Å². The van der Waals surface area contributed by atoms with E-state index in [1.807, 2.05) is 45.0 Å². The lowest BCUT2D eigenvalue weighted by molar-refractivity contribution is -0.113. The van der Waals surface area contributed by atoms with Crippen molar-refractivity contribution in [2.24, 2.45) is 0 Å². The highest BCUT2D eigenvalue weighted by Crippen LogP contribution is 2.39. The van der Waals surface area contributed by atoms with Gasteiger partial charge in [0.1, 0.15) is 0 Å². The first-order chi connectivity index (χ1) is 22.8. The zero-order valence-corrected chi connectivity index (χ0v) is 28.9. The average molecular weight is 727 g/mol. The maximum atomic E-state index is 13.4. The molecule has 0 spiro atoms. The van der Waals surface area contributed by atoms with Crippen LogP contribution in [0.2, 0.25) is 0 Å². The number of nitrogens with one attached hydrogen (secondary N) is 2. The molecule has 47 heavy (non-hydrogen) atoms. The second-order valence-electron chi connectivity index (χ2n) is 9.63. The van der Waals surface area contributed by atoms with E-state index >= 15 is 0 Å². The van der Waals surface area contributed by atoms with Gasteiger partial charge < -0.3 is 29.6 Å². The average Bonchev–Trinajstić information content (AvgIpc) is 3.47. The number of carbonyl (C=O) groups is 3. The van der Waals surface area contributed by atoms with Crippen molar-refractivity contribution in [3.63, 3.8) is 0 Å². The third-order valence-corrected chi connectivity index (χ3v) is 7.83. The summed E-state index contributed by atoms with van der Waals surface area (Å²) in [5.74, 6) is 0.692. The third-order valence-electron chi connectivity index (χ3n) is 6.38. The van der Waals surface area contributed by atoms with Crippen LogP contribution < -0.4 is 24.8 Å². The van der Waals surface area contributed by atoms with Gasteiger partial charge in [0.05, 0.1) is 44.3 Å². The van der Waals surface area contributed by atoms with Gasteiger partial charge in [0.2, 0.25) is 11.7 Å². The molecule has 0 bridgehead atoms. The third kappa shape index (κ3) is 9.48. The van der Waals surface area contributed by atoms with Crippen molar-refractivity contribution in [1.82, 2.24) is 20.1 Å². The van der Waals surface area contributed by atoms with Crippen LogP contribution in [-0.4, -0.2) is 64.7 Å². The van der Waals surface area contributed by atoms with Crippen LogP contribution in [0.1, 0.15) is 54.2 Å². The lowest BCUT2D eigenvalue weighted by Gasteiger charge is -2.17. The second-order valence-corrected chi connectivity index (χ2v) is 11.5. The van der Waals surface area contributed by atoms with Gasteiger partial charge in [0.15, 0.2) is 22.5 Å². The minimum atomic E-state index is -0.426. The summed E-state index contributed by atoms with van der Waals surface area (Å²) in [7, 11) is 0. The highest BCUT2D eigenvalue weighted by Gasteiger charge is 2.21. The minimum absolute atomic E-state index is 0.0350. The molecule has 0 atom stereocenters. The molecule has 0 unspecified atom stereocenters. The fraction of sp³-hybridized carbons (Fsp3) is 0.303. The van der Waals surface area contributed by atoms with Crippen LogP contribution in [-0.2, 0) is 16.1 Å². The highest BCUT2D eigenvalue weighted by atomic mass is 79.9. The number of esters is 1. The molecule has 14 heteroatoms. The van der Waals surface area contributed by atoms with Crippen LogP contribution in [0.5, 0.6) is 17.2 Å². The molecule has 2 amide bonds. The first-order valence-electron chi connectivity index (χ1n) is 15.0. The largest absolute Gasteiger partial charge is 0.490 e. The van der Waals surface area contributed by atoms with Gasteiger partial charge in [0.25, 0.3) is 5.91 Å². The number of hydrogen-bond donors (Lipinski definition) is 2. The molecule has 0 aliphatic rings. The molecule has 1 heterocycles. The summed E-state index contributed by atoms with van der Waals surface area (Å²) in [6, 6.07) is 17.2. The summed E-state index contributed by atoms with van der Waals surface area (Å²) < 4.78 is 24.9. The number of hydrogen-bond acceptors (Lipinski definition) is 10. The van der Waals surface area contributed by atoms with Gasteiger partial charge in [-0.25, -0.2) is 4.79 Å². The fourth-order valence-corrected chi connectivity index (χ4v) is 5.41. The number of aromatic nitrogens is 3. The molecule has 0 radical (unpaired) electrons. The molecule has 0 aliphatic carbocycles. The Balaban J connectivity index is 1.50. The normalized spacial score (nSPS) is 10.7. The molecule has 4 rings (SSSR count). The van der Waals surface area contributed by atoms with E-state index in [0.717, 1.165) is 10.2 Å². The smallest absolute Gasteiger partial charge is 0.338 e. The van der Waals surface area contributed by atoms with E-state index < -0.39 is 5.97 Å². The molecule has 2 N–H and O–H groups in total. The van der Waals surface area contributed by atoms with Crippen LogP contribution in [0.4, 0.5) is 5.69 Å². The van der Waals surface area contributed by atoms with E-state index in [-0.39, 0.29) is 30.7 Å². The van der Waals surface area contributed by atoms with Crippen LogP contribution in [0.3, 0.4) is 0 Å². The molecule has 1 aromatic heterocycles. The predicted octanol–water partition coefficient (Wildman–Crippen LogP) is 6.06. The molecule has 4 aromatic rings. The molecule has 0 aliphatic heterocycles. The van der Waals surface area contributed by atoms with E-state index in [1.165, 1.54) is 11.8 Å². The Labute approximate surface area is 285 Å². The first-order valence-corrected chi connectivity index (χ1v) is 16.8. The number of carbonyl (C=O) groups excluding carboxylic acids is 3. The van der Waals surface area contributed by atoms with Crippen molar-refractivity contribution in [3.8, 4) is 22.9 Å². The quantitative estimate of drug-likeness (QED) is 0.103. The maximum absolute atomic E-state index is 13.4. The molecule has 0 saturated heterocycles. The monoisotopic (exact) mass is 725 g/mol. The van der Waals surface area contributed by atoms with Gasteiger partial charge in [-0.2, -0.15) is 0 Å². The Morgan fingerprint density at radius 3 is 2.04 bits per heavy atom.